The first kappa shape index (κ1) is 14.1. The van der Waals surface area contributed by atoms with Crippen molar-refractivity contribution >= 4 is 34.1 Å². The molecule has 0 fully saturated rings. The molecule has 1 aromatic carbocycles. The van der Waals surface area contributed by atoms with E-state index in [1.54, 1.807) is 18.2 Å². The average Bonchev–Trinajstić information content (AvgIpc) is 2.44. The molecule has 0 atom stereocenters. The number of hydrogen-bond donors (Lipinski definition) is 0. The van der Waals surface area contributed by atoms with Gasteiger partial charge in [-0.1, -0.05) is 23.6 Å². The van der Waals surface area contributed by atoms with E-state index < -0.39 is 0 Å². The second-order valence-electron chi connectivity index (χ2n) is 3.93. The zero-order chi connectivity index (χ0) is 14.5. The minimum absolute atomic E-state index is 0.00841. The fourth-order valence-corrected chi connectivity index (χ4v) is 1.93. The first-order valence-corrected chi connectivity index (χ1v) is 6.73. The second-order valence-corrected chi connectivity index (χ2v) is 5.08. The Balaban J connectivity index is 2.37. The van der Waals surface area contributed by atoms with Crippen LogP contribution in [0.2, 0.25) is 0 Å². The lowest BCUT2D eigenvalue weighted by molar-refractivity contribution is -0.109. The molecule has 0 unspecified atom stereocenters. The smallest absolute Gasteiger partial charge is 0.203 e. The van der Waals surface area contributed by atoms with Crippen LogP contribution in [0.1, 0.15) is 22.8 Å². The Hall–Kier alpha value is -2.32. The van der Waals surface area contributed by atoms with E-state index in [2.05, 4.69) is 11.8 Å². The largest absolute Gasteiger partial charge is 0.463 e. The predicted molar refractivity (Wildman–Crippen MR) is 77.9 cm³/mol. The Morgan fingerprint density at radius 2 is 2.25 bits per heavy atom. The van der Waals surface area contributed by atoms with Crippen molar-refractivity contribution in [3.8, 4) is 11.8 Å². The van der Waals surface area contributed by atoms with Gasteiger partial charge in [-0.3, -0.25) is 14.4 Å². The van der Waals surface area contributed by atoms with Gasteiger partial charge in [0.1, 0.15) is 11.8 Å². The summed E-state index contributed by atoms with van der Waals surface area (Å²) in [6, 6.07) is 4.93. The normalized spacial score (nSPS) is 9.85. The molecule has 0 saturated heterocycles. The Morgan fingerprint density at radius 1 is 1.45 bits per heavy atom. The van der Waals surface area contributed by atoms with Crippen molar-refractivity contribution in [2.75, 3.05) is 5.75 Å². The van der Waals surface area contributed by atoms with Crippen molar-refractivity contribution < 1.29 is 14.0 Å². The number of carbonyl (C=O) groups excluding carboxylic acids is 2. The van der Waals surface area contributed by atoms with Gasteiger partial charge < -0.3 is 4.42 Å². The van der Waals surface area contributed by atoms with Gasteiger partial charge in [0.05, 0.1) is 16.7 Å². The van der Waals surface area contributed by atoms with Crippen LogP contribution in [0.15, 0.2) is 33.7 Å². The van der Waals surface area contributed by atoms with E-state index in [1.165, 1.54) is 6.92 Å². The highest BCUT2D eigenvalue weighted by molar-refractivity contribution is 8.13. The van der Waals surface area contributed by atoms with Gasteiger partial charge in [-0.15, -0.1) is 0 Å². The highest BCUT2D eigenvalue weighted by Gasteiger charge is 2.06. The third-order valence-corrected chi connectivity index (χ3v) is 3.20. The Kier molecular flexibility index (Phi) is 4.38. The van der Waals surface area contributed by atoms with E-state index >= 15 is 0 Å². The first-order chi connectivity index (χ1) is 9.61. The van der Waals surface area contributed by atoms with Crippen LogP contribution in [0.4, 0.5) is 0 Å². The third kappa shape index (κ3) is 3.16. The first-order valence-electron chi connectivity index (χ1n) is 5.75. The van der Waals surface area contributed by atoms with E-state index in [4.69, 9.17) is 4.42 Å². The molecule has 0 amide bonds. The summed E-state index contributed by atoms with van der Waals surface area (Å²) in [4.78, 5) is 33.4. The van der Waals surface area contributed by atoms with Crippen molar-refractivity contribution in [2.24, 2.45) is 0 Å². The van der Waals surface area contributed by atoms with E-state index in [0.717, 1.165) is 18.0 Å². The summed E-state index contributed by atoms with van der Waals surface area (Å²) in [5.74, 6) is 6.10. The number of carbonyl (C=O) groups is 2. The lowest BCUT2D eigenvalue weighted by Gasteiger charge is -1.98. The van der Waals surface area contributed by atoms with Gasteiger partial charge in [-0.2, -0.15) is 0 Å². The minimum Gasteiger partial charge on any atom is -0.463 e. The van der Waals surface area contributed by atoms with Gasteiger partial charge in [0.2, 0.25) is 5.43 Å². The summed E-state index contributed by atoms with van der Waals surface area (Å²) in [5, 5.41) is 0.328. The molecule has 2 rings (SSSR count). The van der Waals surface area contributed by atoms with Crippen LogP contribution < -0.4 is 5.43 Å². The highest BCUT2D eigenvalue weighted by Crippen LogP contribution is 2.13. The topological polar surface area (TPSA) is 64.3 Å². The molecule has 20 heavy (non-hydrogen) atoms. The molecule has 0 bridgehead atoms. The van der Waals surface area contributed by atoms with Crippen molar-refractivity contribution in [2.45, 2.75) is 6.92 Å². The van der Waals surface area contributed by atoms with Crippen LogP contribution in [0.25, 0.3) is 11.0 Å². The van der Waals surface area contributed by atoms with Crippen molar-refractivity contribution in [1.82, 2.24) is 0 Å². The molecule has 100 valence electrons. The van der Waals surface area contributed by atoms with E-state index in [0.29, 0.717) is 28.6 Å². The van der Waals surface area contributed by atoms with E-state index in [-0.39, 0.29) is 16.1 Å². The number of benzene rings is 1. The zero-order valence-electron chi connectivity index (χ0n) is 10.6. The van der Waals surface area contributed by atoms with Crippen molar-refractivity contribution in [1.29, 1.82) is 0 Å². The quantitative estimate of drug-likeness (QED) is 0.625. The third-order valence-electron chi connectivity index (χ3n) is 2.51. The Bertz CT molecular complexity index is 793. The van der Waals surface area contributed by atoms with Gasteiger partial charge in [0.25, 0.3) is 0 Å². The SMILES string of the molecule is CC(=O)SCC#Cc1ccc2occ(C=O)c(=O)c2c1. The molecule has 0 N–H and O–H groups in total. The highest BCUT2D eigenvalue weighted by atomic mass is 32.2. The summed E-state index contributed by atoms with van der Waals surface area (Å²) in [5.41, 5.74) is 0.652. The molecule has 0 aliphatic carbocycles. The van der Waals surface area contributed by atoms with Crippen LogP contribution in [0.3, 0.4) is 0 Å². The maximum Gasteiger partial charge on any atom is 0.203 e. The maximum absolute atomic E-state index is 11.9. The molecule has 5 heteroatoms. The standard InChI is InChI=1S/C15H10O4S/c1-10(17)20-6-2-3-11-4-5-14-13(7-11)15(18)12(8-16)9-19-14/h4-5,7-9H,6H2,1H3. The summed E-state index contributed by atoms with van der Waals surface area (Å²) in [7, 11) is 0. The number of aldehydes is 1. The number of thioether (sulfide) groups is 1. The minimum atomic E-state index is -0.372. The molecule has 0 saturated carbocycles. The van der Waals surface area contributed by atoms with Crippen LogP contribution >= 0.6 is 11.8 Å². The van der Waals surface area contributed by atoms with Crippen LogP contribution in [-0.2, 0) is 4.79 Å². The van der Waals surface area contributed by atoms with Crippen molar-refractivity contribution in [3.05, 3.63) is 45.8 Å². The van der Waals surface area contributed by atoms with Gasteiger partial charge in [-0.25, -0.2) is 0 Å². The zero-order valence-corrected chi connectivity index (χ0v) is 11.5. The monoisotopic (exact) mass is 286 g/mol. The summed E-state index contributed by atoms with van der Waals surface area (Å²) in [6.07, 6.45) is 1.61. The average molecular weight is 286 g/mol. The lowest BCUT2D eigenvalue weighted by atomic mass is 10.1. The fraction of sp³-hybridized carbons (Fsp3) is 0.133. The number of rotatable bonds is 2. The van der Waals surface area contributed by atoms with Gasteiger partial charge >= 0.3 is 0 Å². The molecular weight excluding hydrogens is 276 g/mol. The molecule has 2 aromatic rings. The number of hydrogen-bond acceptors (Lipinski definition) is 5. The molecule has 1 heterocycles. The van der Waals surface area contributed by atoms with Crippen molar-refractivity contribution in [3.63, 3.8) is 0 Å². The summed E-state index contributed by atoms with van der Waals surface area (Å²) < 4.78 is 5.20. The summed E-state index contributed by atoms with van der Waals surface area (Å²) >= 11 is 1.12. The number of fused-ring (bicyclic) bond motifs is 1. The molecule has 1 aromatic heterocycles. The van der Waals surface area contributed by atoms with Crippen LogP contribution in [-0.4, -0.2) is 17.2 Å². The fourth-order valence-electron chi connectivity index (χ4n) is 1.58. The Labute approximate surface area is 119 Å². The van der Waals surface area contributed by atoms with Gasteiger partial charge in [-0.05, 0) is 18.2 Å². The van der Waals surface area contributed by atoms with Crippen LogP contribution in [0, 0.1) is 11.8 Å². The van der Waals surface area contributed by atoms with E-state index in [9.17, 15) is 14.4 Å². The lowest BCUT2D eigenvalue weighted by Crippen LogP contribution is -2.07. The molecule has 0 radical (unpaired) electrons. The molecule has 0 aliphatic heterocycles. The predicted octanol–water partition coefficient (Wildman–Crippen LogP) is 2.24. The maximum atomic E-state index is 11.9. The van der Waals surface area contributed by atoms with Crippen LogP contribution in [0.5, 0.6) is 0 Å². The molecule has 0 spiro atoms. The second kappa shape index (κ2) is 6.22. The molecule has 4 nitrogen and oxygen atoms in total. The molecule has 0 aliphatic rings. The van der Waals surface area contributed by atoms with Gasteiger partial charge in [0.15, 0.2) is 11.4 Å². The van der Waals surface area contributed by atoms with Gasteiger partial charge in [0, 0.05) is 12.5 Å². The Morgan fingerprint density at radius 3 is 2.95 bits per heavy atom. The van der Waals surface area contributed by atoms with E-state index in [1.807, 2.05) is 0 Å². The summed E-state index contributed by atoms with van der Waals surface area (Å²) in [6.45, 7) is 1.48. The molecular formula is C15H10O4S.